The topological polar surface area (TPSA) is 46.0 Å². The van der Waals surface area contributed by atoms with Crippen LogP contribution in [0.3, 0.4) is 0 Å². The van der Waals surface area contributed by atoms with Gasteiger partial charge in [0.15, 0.2) is 6.54 Å². The number of benzene rings is 2. The fourth-order valence-corrected chi connectivity index (χ4v) is 3.45. The number of halogens is 1. The number of carbonyl (C=O) groups is 1. The van der Waals surface area contributed by atoms with E-state index < -0.39 is 0 Å². The monoisotopic (exact) mass is 418 g/mol. The Morgan fingerprint density at radius 1 is 1.19 bits per heavy atom. The summed E-state index contributed by atoms with van der Waals surface area (Å²) < 4.78 is 6.26. The minimum absolute atomic E-state index is 0.0691. The molecule has 1 fully saturated rings. The summed E-state index contributed by atoms with van der Waals surface area (Å²) in [6.07, 6.45) is 0. The highest BCUT2D eigenvalue weighted by Crippen LogP contribution is 2.20. The Hall–Kier alpha value is -2.05. The highest BCUT2D eigenvalue weighted by atomic mass is 79.9. The number of anilines is 2. The maximum Gasteiger partial charge on any atom is 0.279 e. The average Bonchev–Trinajstić information content (AvgIpc) is 2.65. The van der Waals surface area contributed by atoms with Crippen molar-refractivity contribution >= 4 is 33.2 Å². The van der Waals surface area contributed by atoms with E-state index in [0.717, 1.165) is 47.7 Å². The van der Waals surface area contributed by atoms with Gasteiger partial charge in [-0.3, -0.25) is 4.79 Å². The first-order valence-electron chi connectivity index (χ1n) is 8.84. The smallest absolute Gasteiger partial charge is 0.279 e. The van der Waals surface area contributed by atoms with Gasteiger partial charge >= 0.3 is 0 Å². The molecule has 0 aromatic heterocycles. The molecule has 1 amide bonds. The number of rotatable bonds is 5. The van der Waals surface area contributed by atoms with Crippen LogP contribution in [0, 0.1) is 6.92 Å². The molecular weight excluding hydrogens is 394 g/mol. The molecule has 1 aliphatic rings. The second-order valence-electron chi connectivity index (χ2n) is 6.62. The average molecular weight is 419 g/mol. The van der Waals surface area contributed by atoms with Crippen LogP contribution in [0.15, 0.2) is 46.9 Å². The van der Waals surface area contributed by atoms with E-state index in [-0.39, 0.29) is 5.91 Å². The van der Waals surface area contributed by atoms with E-state index in [0.29, 0.717) is 6.54 Å². The lowest BCUT2D eigenvalue weighted by Gasteiger charge is -2.33. The zero-order valence-electron chi connectivity index (χ0n) is 15.2. The van der Waals surface area contributed by atoms with E-state index in [2.05, 4.69) is 38.3 Å². The van der Waals surface area contributed by atoms with Crippen molar-refractivity contribution in [3.05, 3.63) is 52.5 Å². The van der Waals surface area contributed by atoms with Gasteiger partial charge in [0.25, 0.3) is 5.91 Å². The molecule has 6 heteroatoms. The van der Waals surface area contributed by atoms with Gasteiger partial charge in [-0.05, 0) is 55.0 Å². The summed E-state index contributed by atoms with van der Waals surface area (Å²) in [6.45, 7) is 6.34. The summed E-state index contributed by atoms with van der Waals surface area (Å²) in [5.41, 5.74) is 3.18. The molecule has 2 aromatic carbocycles. The molecule has 0 unspecified atom stereocenters. The predicted molar refractivity (Wildman–Crippen MR) is 108 cm³/mol. The molecule has 0 spiro atoms. The quantitative estimate of drug-likeness (QED) is 0.781. The number of quaternary nitrogens is 1. The molecule has 138 valence electrons. The van der Waals surface area contributed by atoms with Gasteiger partial charge in [-0.2, -0.15) is 0 Å². The lowest BCUT2D eigenvalue weighted by molar-refractivity contribution is -0.892. The lowest BCUT2D eigenvalue weighted by atomic mass is 10.2. The van der Waals surface area contributed by atoms with Crippen LogP contribution in [0.4, 0.5) is 11.4 Å². The van der Waals surface area contributed by atoms with Gasteiger partial charge in [-0.1, -0.05) is 15.9 Å². The molecule has 1 heterocycles. The number of nitrogens with zero attached hydrogens (tertiary/aromatic N) is 1. The number of nitrogens with one attached hydrogen (secondary N) is 2. The van der Waals surface area contributed by atoms with Crippen LogP contribution in [0.2, 0.25) is 0 Å². The number of hydrogen-bond acceptors (Lipinski definition) is 3. The van der Waals surface area contributed by atoms with Crippen LogP contribution in [-0.4, -0.2) is 45.7 Å². The maximum atomic E-state index is 12.3. The van der Waals surface area contributed by atoms with Crippen LogP contribution in [0.5, 0.6) is 5.75 Å². The van der Waals surface area contributed by atoms with E-state index in [9.17, 15) is 4.79 Å². The number of methoxy groups -OCH3 is 1. The van der Waals surface area contributed by atoms with Gasteiger partial charge in [0.1, 0.15) is 5.75 Å². The Morgan fingerprint density at radius 2 is 1.88 bits per heavy atom. The molecule has 5 nitrogen and oxygen atoms in total. The molecule has 0 atom stereocenters. The second kappa shape index (κ2) is 8.56. The Kier molecular flexibility index (Phi) is 6.16. The minimum Gasteiger partial charge on any atom is -0.497 e. The zero-order valence-corrected chi connectivity index (χ0v) is 16.8. The molecular formula is C20H25BrN3O2+. The van der Waals surface area contributed by atoms with E-state index in [1.807, 2.05) is 37.3 Å². The number of aryl methyl sites for hydroxylation is 1. The van der Waals surface area contributed by atoms with Crippen LogP contribution < -0.4 is 19.9 Å². The molecule has 0 bridgehead atoms. The number of carbonyl (C=O) groups excluding carboxylic acids is 1. The summed E-state index contributed by atoms with van der Waals surface area (Å²) in [5.74, 6) is 0.942. The SMILES string of the molecule is COc1ccc(N2CC[NH+](CC(=O)Nc3ccc(Br)c(C)c3)CC2)cc1. The van der Waals surface area contributed by atoms with Gasteiger partial charge in [0.2, 0.25) is 0 Å². The summed E-state index contributed by atoms with van der Waals surface area (Å²) in [5, 5.41) is 3.00. The lowest BCUT2D eigenvalue weighted by Crippen LogP contribution is -3.15. The van der Waals surface area contributed by atoms with Crippen molar-refractivity contribution in [2.45, 2.75) is 6.92 Å². The Labute approximate surface area is 163 Å². The second-order valence-corrected chi connectivity index (χ2v) is 7.48. The highest BCUT2D eigenvalue weighted by Gasteiger charge is 2.22. The highest BCUT2D eigenvalue weighted by molar-refractivity contribution is 9.10. The van der Waals surface area contributed by atoms with Crippen LogP contribution >= 0.6 is 15.9 Å². The van der Waals surface area contributed by atoms with Crippen LogP contribution in [0.1, 0.15) is 5.56 Å². The first-order valence-corrected chi connectivity index (χ1v) is 9.63. The minimum atomic E-state index is 0.0691. The van der Waals surface area contributed by atoms with Gasteiger partial charge in [-0.25, -0.2) is 0 Å². The van der Waals surface area contributed by atoms with Crippen molar-refractivity contribution in [2.24, 2.45) is 0 Å². The summed E-state index contributed by atoms with van der Waals surface area (Å²) >= 11 is 3.48. The molecule has 3 rings (SSSR count). The normalized spacial score (nSPS) is 15.0. The molecule has 2 aromatic rings. The third kappa shape index (κ3) is 4.77. The van der Waals surface area contributed by atoms with E-state index >= 15 is 0 Å². The molecule has 0 radical (unpaired) electrons. The van der Waals surface area contributed by atoms with E-state index in [4.69, 9.17) is 4.74 Å². The third-order valence-corrected chi connectivity index (χ3v) is 5.65. The Balaban J connectivity index is 1.48. The molecule has 0 aliphatic carbocycles. The van der Waals surface area contributed by atoms with Gasteiger partial charge < -0.3 is 19.9 Å². The van der Waals surface area contributed by atoms with Crippen LogP contribution in [-0.2, 0) is 4.79 Å². The third-order valence-electron chi connectivity index (χ3n) is 4.76. The van der Waals surface area contributed by atoms with E-state index in [1.54, 1.807) is 7.11 Å². The summed E-state index contributed by atoms with van der Waals surface area (Å²) in [4.78, 5) is 16.0. The Bertz CT molecular complexity index is 756. The van der Waals surface area contributed by atoms with Gasteiger partial charge in [0.05, 0.1) is 33.3 Å². The van der Waals surface area contributed by atoms with Crippen molar-refractivity contribution in [1.29, 1.82) is 0 Å². The van der Waals surface area contributed by atoms with Gasteiger partial charge in [0, 0.05) is 15.8 Å². The van der Waals surface area contributed by atoms with Crippen molar-refractivity contribution in [3.63, 3.8) is 0 Å². The molecule has 1 saturated heterocycles. The fraction of sp³-hybridized carbons (Fsp3) is 0.350. The number of piperazine rings is 1. The maximum absolute atomic E-state index is 12.3. The molecule has 0 saturated carbocycles. The molecule has 1 aliphatic heterocycles. The van der Waals surface area contributed by atoms with Crippen molar-refractivity contribution in [1.82, 2.24) is 0 Å². The summed E-state index contributed by atoms with van der Waals surface area (Å²) in [7, 11) is 1.68. The fourth-order valence-electron chi connectivity index (χ4n) is 3.21. The zero-order chi connectivity index (χ0) is 18.5. The van der Waals surface area contributed by atoms with Crippen molar-refractivity contribution < 1.29 is 14.4 Å². The van der Waals surface area contributed by atoms with Gasteiger partial charge in [-0.15, -0.1) is 0 Å². The molecule has 2 N–H and O–H groups in total. The standard InChI is InChI=1S/C20H24BrN3O2/c1-15-13-16(3-8-19(15)21)22-20(25)14-23-9-11-24(12-10-23)17-4-6-18(26-2)7-5-17/h3-8,13H,9-12,14H2,1-2H3,(H,22,25)/p+1. The van der Waals surface area contributed by atoms with Crippen LogP contribution in [0.25, 0.3) is 0 Å². The number of hydrogen-bond donors (Lipinski definition) is 2. The first kappa shape index (κ1) is 18.7. The summed E-state index contributed by atoms with van der Waals surface area (Å²) in [6, 6.07) is 14.0. The van der Waals surface area contributed by atoms with Crippen molar-refractivity contribution in [3.8, 4) is 5.75 Å². The predicted octanol–water partition coefficient (Wildman–Crippen LogP) is 2.11. The molecule has 26 heavy (non-hydrogen) atoms. The number of ether oxygens (including phenoxy) is 1. The van der Waals surface area contributed by atoms with Crippen molar-refractivity contribution in [2.75, 3.05) is 50.1 Å². The first-order chi connectivity index (χ1) is 12.5. The number of amides is 1. The largest absolute Gasteiger partial charge is 0.497 e. The van der Waals surface area contributed by atoms with E-state index in [1.165, 1.54) is 10.6 Å². The Morgan fingerprint density at radius 3 is 2.50 bits per heavy atom.